The molecular weight excluding hydrogens is 456 g/mol. The number of likely N-dealkylation sites (N-methyl/N-ethyl adjacent to an activating group) is 1. The highest BCUT2D eigenvalue weighted by atomic mass is 16.5. The van der Waals surface area contributed by atoms with Crippen molar-refractivity contribution in [2.45, 2.75) is 25.4 Å². The third-order valence-corrected chi connectivity index (χ3v) is 6.24. The smallest absolute Gasteiger partial charge is 0.303 e. The number of hydrogen-bond donors (Lipinski definition) is 0. The van der Waals surface area contributed by atoms with Gasteiger partial charge in [-0.05, 0) is 74.1 Å². The van der Waals surface area contributed by atoms with E-state index in [1.165, 1.54) is 6.92 Å². The lowest BCUT2D eigenvalue weighted by Gasteiger charge is -2.29. The lowest BCUT2D eigenvalue weighted by Crippen LogP contribution is -2.45. The molecule has 7 heteroatoms. The van der Waals surface area contributed by atoms with Crippen LogP contribution in [-0.4, -0.2) is 57.2 Å². The Kier molecular flexibility index (Phi) is 7.90. The van der Waals surface area contributed by atoms with Gasteiger partial charge in [-0.1, -0.05) is 30.3 Å². The predicted molar refractivity (Wildman–Crippen MR) is 139 cm³/mol. The number of amides is 1. The summed E-state index contributed by atoms with van der Waals surface area (Å²) in [5.74, 6) is 1.04. The van der Waals surface area contributed by atoms with E-state index in [4.69, 9.17) is 14.2 Å². The zero-order chi connectivity index (χ0) is 25.7. The van der Waals surface area contributed by atoms with E-state index in [1.54, 1.807) is 12.0 Å². The van der Waals surface area contributed by atoms with Gasteiger partial charge < -0.3 is 24.0 Å². The van der Waals surface area contributed by atoms with Crippen molar-refractivity contribution in [1.29, 1.82) is 0 Å². The van der Waals surface area contributed by atoms with E-state index >= 15 is 0 Å². The first-order valence-corrected chi connectivity index (χ1v) is 12.0. The van der Waals surface area contributed by atoms with E-state index in [0.29, 0.717) is 31.0 Å². The van der Waals surface area contributed by atoms with Crippen molar-refractivity contribution in [3.63, 3.8) is 0 Å². The summed E-state index contributed by atoms with van der Waals surface area (Å²) in [5, 5.41) is 0. The molecule has 0 saturated carbocycles. The van der Waals surface area contributed by atoms with Crippen molar-refractivity contribution in [1.82, 2.24) is 4.90 Å². The van der Waals surface area contributed by atoms with Gasteiger partial charge in [-0.2, -0.15) is 0 Å². The Labute approximate surface area is 212 Å². The lowest BCUT2D eigenvalue weighted by molar-refractivity contribution is -0.154. The second kappa shape index (κ2) is 11.3. The molecule has 2 atom stereocenters. The Morgan fingerprint density at radius 3 is 2.31 bits per heavy atom. The molecular formula is C29H32N2O5. The molecule has 3 aromatic rings. The molecule has 1 amide bonds. The Hall–Kier alpha value is -3.84. The van der Waals surface area contributed by atoms with Crippen molar-refractivity contribution in [3.05, 3.63) is 83.9 Å². The molecule has 1 aliphatic rings. The summed E-state index contributed by atoms with van der Waals surface area (Å²) in [5.41, 5.74) is 2.65. The van der Waals surface area contributed by atoms with Crippen LogP contribution in [0.5, 0.6) is 17.2 Å². The fraction of sp³-hybridized carbons (Fsp3) is 0.310. The quantitative estimate of drug-likeness (QED) is 0.430. The van der Waals surface area contributed by atoms with Crippen LogP contribution in [0, 0.1) is 0 Å². The largest absolute Gasteiger partial charge is 0.497 e. The number of hydrogen-bond acceptors (Lipinski definition) is 6. The fourth-order valence-electron chi connectivity index (χ4n) is 4.45. The van der Waals surface area contributed by atoms with Gasteiger partial charge in [0, 0.05) is 31.6 Å². The van der Waals surface area contributed by atoms with Crippen LogP contribution in [-0.2, 0) is 20.7 Å². The molecule has 0 bridgehead atoms. The molecule has 0 spiro atoms. The highest BCUT2D eigenvalue weighted by Gasteiger charge is 2.40. The Morgan fingerprint density at radius 1 is 0.972 bits per heavy atom. The Bertz CT molecular complexity index is 1190. The molecule has 0 N–H and O–H groups in total. The van der Waals surface area contributed by atoms with Crippen molar-refractivity contribution in [2.24, 2.45) is 0 Å². The van der Waals surface area contributed by atoms with Gasteiger partial charge in [-0.3, -0.25) is 9.59 Å². The monoisotopic (exact) mass is 488 g/mol. The third-order valence-electron chi connectivity index (χ3n) is 6.24. The van der Waals surface area contributed by atoms with Gasteiger partial charge in [0.25, 0.3) is 5.91 Å². The molecule has 0 aromatic heterocycles. The number of carbonyl (C=O) groups is 2. The zero-order valence-electron chi connectivity index (χ0n) is 21.1. The molecule has 36 heavy (non-hydrogen) atoms. The topological polar surface area (TPSA) is 68.3 Å². The number of nitrogens with zero attached hydrogens (tertiary/aromatic N) is 2. The van der Waals surface area contributed by atoms with Crippen LogP contribution in [0.2, 0.25) is 0 Å². The maximum atomic E-state index is 13.9. The van der Waals surface area contributed by atoms with E-state index in [2.05, 4.69) is 0 Å². The first kappa shape index (κ1) is 25.3. The molecule has 0 radical (unpaired) electrons. The number of ether oxygens (including phenoxy) is 3. The zero-order valence-corrected chi connectivity index (χ0v) is 21.1. The average Bonchev–Trinajstić information content (AvgIpc) is 2.97. The molecule has 1 heterocycles. The van der Waals surface area contributed by atoms with Gasteiger partial charge in [0.1, 0.15) is 17.2 Å². The van der Waals surface area contributed by atoms with E-state index < -0.39 is 12.1 Å². The van der Waals surface area contributed by atoms with Crippen LogP contribution < -0.4 is 14.4 Å². The number of esters is 1. The minimum Gasteiger partial charge on any atom is -0.497 e. The first-order valence-electron chi connectivity index (χ1n) is 12.0. The molecule has 0 aliphatic carbocycles. The van der Waals surface area contributed by atoms with Crippen molar-refractivity contribution in [2.75, 3.05) is 39.2 Å². The van der Waals surface area contributed by atoms with Crippen molar-refractivity contribution in [3.8, 4) is 17.2 Å². The molecule has 3 aromatic carbocycles. The molecule has 188 valence electrons. The predicted octanol–water partition coefficient (Wildman–Crippen LogP) is 4.65. The number of methoxy groups -OCH3 is 1. The SMILES string of the molecule is COc1ccc([C@@H]2Cc3cc(Oc4ccccc4)ccc3N(CCN(C)C)C(=O)[C@@H]2OC(C)=O)cc1. The van der Waals surface area contributed by atoms with Crippen molar-refractivity contribution < 1.29 is 23.8 Å². The summed E-state index contributed by atoms with van der Waals surface area (Å²) >= 11 is 0. The van der Waals surface area contributed by atoms with Gasteiger partial charge >= 0.3 is 5.97 Å². The number of benzene rings is 3. The van der Waals surface area contributed by atoms with Crippen LogP contribution in [0.3, 0.4) is 0 Å². The maximum absolute atomic E-state index is 13.9. The highest BCUT2D eigenvalue weighted by Crippen LogP contribution is 2.39. The van der Waals surface area contributed by atoms with Crippen molar-refractivity contribution >= 4 is 17.6 Å². The van der Waals surface area contributed by atoms with Crippen LogP contribution in [0.25, 0.3) is 0 Å². The number of rotatable bonds is 8. The number of fused-ring (bicyclic) bond motifs is 1. The summed E-state index contributed by atoms with van der Waals surface area (Å²) in [4.78, 5) is 29.8. The minimum atomic E-state index is -0.955. The van der Waals surface area contributed by atoms with Gasteiger partial charge in [0.2, 0.25) is 0 Å². The molecule has 0 unspecified atom stereocenters. The molecule has 0 fully saturated rings. The van der Waals surface area contributed by atoms with E-state index in [-0.39, 0.29) is 11.8 Å². The molecule has 7 nitrogen and oxygen atoms in total. The summed E-state index contributed by atoms with van der Waals surface area (Å²) in [6.07, 6.45) is -0.459. The van der Waals surface area contributed by atoms with Crippen LogP contribution in [0.1, 0.15) is 24.0 Å². The van der Waals surface area contributed by atoms with Crippen LogP contribution >= 0.6 is 0 Å². The Morgan fingerprint density at radius 2 is 1.67 bits per heavy atom. The minimum absolute atomic E-state index is 0.233. The van der Waals surface area contributed by atoms with Gasteiger partial charge in [0.05, 0.1) is 7.11 Å². The highest BCUT2D eigenvalue weighted by molar-refractivity contribution is 6.00. The van der Waals surface area contributed by atoms with E-state index in [9.17, 15) is 9.59 Å². The molecule has 1 aliphatic heterocycles. The number of carbonyl (C=O) groups excluding carboxylic acids is 2. The average molecular weight is 489 g/mol. The second-order valence-corrected chi connectivity index (χ2v) is 9.11. The molecule has 4 rings (SSSR count). The van der Waals surface area contributed by atoms with Gasteiger partial charge in [-0.15, -0.1) is 0 Å². The van der Waals surface area contributed by atoms with Gasteiger partial charge in [0.15, 0.2) is 6.10 Å². The van der Waals surface area contributed by atoms with Crippen LogP contribution in [0.4, 0.5) is 5.69 Å². The van der Waals surface area contributed by atoms with Crippen LogP contribution in [0.15, 0.2) is 72.8 Å². The summed E-state index contributed by atoms with van der Waals surface area (Å²) in [7, 11) is 5.53. The molecule has 0 saturated heterocycles. The number of anilines is 1. The van der Waals surface area contributed by atoms with E-state index in [0.717, 1.165) is 22.6 Å². The second-order valence-electron chi connectivity index (χ2n) is 9.11. The normalized spacial score (nSPS) is 17.4. The Balaban J connectivity index is 1.78. The summed E-state index contributed by atoms with van der Waals surface area (Å²) in [6.45, 7) is 2.46. The number of para-hydroxylation sites is 1. The first-order chi connectivity index (χ1) is 17.4. The standard InChI is InChI=1S/C29H32N2O5/c1-20(32)35-28-26(21-10-12-23(34-4)13-11-21)19-22-18-25(36-24-8-6-5-7-9-24)14-15-27(22)31(29(28)33)17-16-30(2)3/h5-15,18,26,28H,16-17,19H2,1-4H3/t26-,28+/m0/s1. The van der Waals surface area contributed by atoms with E-state index in [1.807, 2.05) is 91.8 Å². The maximum Gasteiger partial charge on any atom is 0.303 e. The fourth-order valence-corrected chi connectivity index (χ4v) is 4.45. The van der Waals surface area contributed by atoms with Gasteiger partial charge in [-0.25, -0.2) is 0 Å². The summed E-state index contributed by atoms with van der Waals surface area (Å²) in [6, 6.07) is 22.9. The summed E-state index contributed by atoms with van der Waals surface area (Å²) < 4.78 is 17.1. The third kappa shape index (κ3) is 5.86. The lowest BCUT2D eigenvalue weighted by atomic mass is 9.87.